The first kappa shape index (κ1) is 15.5. The van der Waals surface area contributed by atoms with Gasteiger partial charge in [-0.25, -0.2) is 0 Å². The largest absolute Gasteiger partial charge is 0.491 e. The maximum Gasteiger partial charge on any atom is 0.251 e. The molecule has 0 aliphatic heterocycles. The molecule has 19 heavy (non-hydrogen) atoms. The molecule has 2 N–H and O–H groups in total. The van der Waals surface area contributed by atoms with Crippen LogP contribution in [0.1, 0.15) is 44.5 Å². The molecule has 4 nitrogen and oxygen atoms in total. The summed E-state index contributed by atoms with van der Waals surface area (Å²) in [6.07, 6.45) is 0.779. The van der Waals surface area contributed by atoms with Gasteiger partial charge in [-0.15, -0.1) is 0 Å². The number of amides is 1. The van der Waals surface area contributed by atoms with Gasteiger partial charge in [0, 0.05) is 5.56 Å². The number of nitrogens with one attached hydrogen (secondary N) is 1. The molecular formula is C15H23NO3. The van der Waals surface area contributed by atoms with Crippen molar-refractivity contribution < 1.29 is 14.6 Å². The zero-order chi connectivity index (χ0) is 14.5. The van der Waals surface area contributed by atoms with Crippen LogP contribution in [0.2, 0.25) is 0 Å². The first-order valence-electron chi connectivity index (χ1n) is 6.60. The van der Waals surface area contributed by atoms with Crippen molar-refractivity contribution in [2.45, 2.75) is 45.8 Å². The van der Waals surface area contributed by atoms with Crippen LogP contribution in [0.5, 0.6) is 5.75 Å². The Hall–Kier alpha value is -1.55. The van der Waals surface area contributed by atoms with Crippen LogP contribution in [0.3, 0.4) is 0 Å². The van der Waals surface area contributed by atoms with Gasteiger partial charge in [0.05, 0.1) is 18.2 Å². The van der Waals surface area contributed by atoms with Crippen LogP contribution in [0, 0.1) is 0 Å². The second-order valence-corrected chi connectivity index (χ2v) is 5.22. The summed E-state index contributed by atoms with van der Waals surface area (Å²) in [7, 11) is 0. The number of hydrogen-bond acceptors (Lipinski definition) is 3. The third-order valence-corrected chi connectivity index (χ3v) is 3.03. The lowest BCUT2D eigenvalue weighted by molar-refractivity contribution is 0.0847. The first-order chi connectivity index (χ1) is 8.90. The van der Waals surface area contributed by atoms with Crippen molar-refractivity contribution in [3.05, 3.63) is 29.8 Å². The SMILES string of the molecule is CCC(C)(CO)NC(=O)c1ccc(OC(C)C)cc1. The Morgan fingerprint density at radius 2 is 1.95 bits per heavy atom. The molecule has 0 aromatic heterocycles. The summed E-state index contributed by atoms with van der Waals surface area (Å²) in [5.74, 6) is 0.557. The smallest absolute Gasteiger partial charge is 0.251 e. The van der Waals surface area contributed by atoms with Crippen molar-refractivity contribution in [1.29, 1.82) is 0 Å². The molecule has 0 fully saturated rings. The molecule has 1 atom stereocenters. The normalized spacial score (nSPS) is 14.0. The zero-order valence-corrected chi connectivity index (χ0v) is 12.1. The van der Waals surface area contributed by atoms with E-state index in [9.17, 15) is 9.90 Å². The van der Waals surface area contributed by atoms with E-state index in [1.165, 1.54) is 0 Å². The second-order valence-electron chi connectivity index (χ2n) is 5.22. The highest BCUT2D eigenvalue weighted by molar-refractivity contribution is 5.94. The lowest BCUT2D eigenvalue weighted by atomic mass is 9.99. The molecule has 1 unspecified atom stereocenters. The minimum Gasteiger partial charge on any atom is -0.491 e. The van der Waals surface area contributed by atoms with Crippen LogP contribution in [-0.2, 0) is 0 Å². The van der Waals surface area contributed by atoms with Crippen LogP contribution < -0.4 is 10.1 Å². The third kappa shape index (κ3) is 4.56. The molecule has 1 aromatic rings. The highest BCUT2D eigenvalue weighted by Crippen LogP contribution is 2.15. The Balaban J connectivity index is 2.73. The average molecular weight is 265 g/mol. The van der Waals surface area contributed by atoms with Crippen LogP contribution in [-0.4, -0.2) is 29.3 Å². The molecule has 0 radical (unpaired) electrons. The predicted octanol–water partition coefficient (Wildman–Crippen LogP) is 2.36. The second kappa shape index (κ2) is 6.57. The van der Waals surface area contributed by atoms with Gasteiger partial charge in [0.15, 0.2) is 0 Å². The van der Waals surface area contributed by atoms with Crippen LogP contribution in [0.15, 0.2) is 24.3 Å². The Morgan fingerprint density at radius 1 is 1.37 bits per heavy atom. The summed E-state index contributed by atoms with van der Waals surface area (Å²) in [4.78, 5) is 12.0. The molecule has 1 amide bonds. The molecule has 0 bridgehead atoms. The summed E-state index contributed by atoms with van der Waals surface area (Å²) in [5.41, 5.74) is -0.0197. The maximum absolute atomic E-state index is 12.0. The van der Waals surface area contributed by atoms with E-state index in [4.69, 9.17) is 4.74 Å². The zero-order valence-electron chi connectivity index (χ0n) is 12.1. The van der Waals surface area contributed by atoms with Crippen molar-refractivity contribution in [3.63, 3.8) is 0 Å². The van der Waals surface area contributed by atoms with Gasteiger partial charge < -0.3 is 15.2 Å². The predicted molar refractivity (Wildman–Crippen MR) is 75.5 cm³/mol. The highest BCUT2D eigenvalue weighted by atomic mass is 16.5. The topological polar surface area (TPSA) is 58.6 Å². The molecular weight excluding hydrogens is 242 g/mol. The number of benzene rings is 1. The Morgan fingerprint density at radius 3 is 2.37 bits per heavy atom. The van der Waals surface area contributed by atoms with E-state index in [0.29, 0.717) is 12.0 Å². The van der Waals surface area contributed by atoms with E-state index in [0.717, 1.165) is 5.75 Å². The maximum atomic E-state index is 12.0. The number of carbonyl (C=O) groups is 1. The molecule has 0 saturated carbocycles. The number of carbonyl (C=O) groups excluding carboxylic acids is 1. The molecule has 0 spiro atoms. The van der Waals surface area contributed by atoms with Crippen molar-refractivity contribution in [3.8, 4) is 5.75 Å². The molecule has 0 aliphatic rings. The highest BCUT2D eigenvalue weighted by Gasteiger charge is 2.23. The van der Waals surface area contributed by atoms with Gasteiger partial charge >= 0.3 is 0 Å². The number of hydrogen-bond donors (Lipinski definition) is 2. The summed E-state index contributed by atoms with van der Waals surface area (Å²) < 4.78 is 5.52. The quantitative estimate of drug-likeness (QED) is 0.830. The first-order valence-corrected chi connectivity index (χ1v) is 6.60. The number of aliphatic hydroxyl groups excluding tert-OH is 1. The van der Waals surface area contributed by atoms with E-state index < -0.39 is 5.54 Å². The van der Waals surface area contributed by atoms with Gasteiger partial charge in [0.25, 0.3) is 5.91 Å². The van der Waals surface area contributed by atoms with E-state index in [2.05, 4.69) is 5.32 Å². The van der Waals surface area contributed by atoms with E-state index in [1.54, 1.807) is 24.3 Å². The van der Waals surface area contributed by atoms with Crippen molar-refractivity contribution in [2.24, 2.45) is 0 Å². The van der Waals surface area contributed by atoms with Gasteiger partial charge in [-0.3, -0.25) is 4.79 Å². The van der Waals surface area contributed by atoms with E-state index in [1.807, 2.05) is 27.7 Å². The molecule has 1 rings (SSSR count). The van der Waals surface area contributed by atoms with Crippen LogP contribution >= 0.6 is 0 Å². The van der Waals surface area contributed by atoms with E-state index in [-0.39, 0.29) is 18.6 Å². The lowest BCUT2D eigenvalue weighted by Crippen LogP contribution is -2.48. The summed E-state index contributed by atoms with van der Waals surface area (Å²) in [6.45, 7) is 7.57. The standard InChI is InChI=1S/C15H23NO3/c1-5-15(4,10-17)16-14(18)12-6-8-13(9-7-12)19-11(2)3/h6-9,11,17H,5,10H2,1-4H3,(H,16,18). The molecule has 0 aliphatic carbocycles. The molecule has 4 heteroatoms. The number of aliphatic hydroxyl groups is 1. The lowest BCUT2D eigenvalue weighted by Gasteiger charge is -2.27. The summed E-state index contributed by atoms with van der Waals surface area (Å²) in [5, 5.41) is 12.1. The van der Waals surface area contributed by atoms with Crippen LogP contribution in [0.4, 0.5) is 0 Å². The number of rotatable bonds is 6. The Bertz CT molecular complexity index is 408. The fourth-order valence-electron chi connectivity index (χ4n) is 1.54. The van der Waals surface area contributed by atoms with Crippen molar-refractivity contribution in [2.75, 3.05) is 6.61 Å². The Kier molecular flexibility index (Phi) is 5.36. The van der Waals surface area contributed by atoms with Gasteiger partial charge in [-0.2, -0.15) is 0 Å². The third-order valence-electron chi connectivity index (χ3n) is 3.03. The van der Waals surface area contributed by atoms with Gasteiger partial charge in [0.1, 0.15) is 5.75 Å². The fraction of sp³-hybridized carbons (Fsp3) is 0.533. The van der Waals surface area contributed by atoms with E-state index >= 15 is 0 Å². The minimum atomic E-state index is -0.579. The molecule has 106 valence electrons. The fourth-order valence-corrected chi connectivity index (χ4v) is 1.54. The monoisotopic (exact) mass is 265 g/mol. The van der Waals surface area contributed by atoms with Gasteiger partial charge in [-0.05, 0) is 51.5 Å². The summed E-state index contributed by atoms with van der Waals surface area (Å²) >= 11 is 0. The Labute approximate surface area is 114 Å². The van der Waals surface area contributed by atoms with Crippen LogP contribution in [0.25, 0.3) is 0 Å². The van der Waals surface area contributed by atoms with Crippen molar-refractivity contribution >= 4 is 5.91 Å². The van der Waals surface area contributed by atoms with Gasteiger partial charge in [-0.1, -0.05) is 6.92 Å². The summed E-state index contributed by atoms with van der Waals surface area (Å²) in [6, 6.07) is 7.00. The van der Waals surface area contributed by atoms with Gasteiger partial charge in [0.2, 0.25) is 0 Å². The molecule has 1 aromatic carbocycles. The number of ether oxygens (including phenoxy) is 1. The minimum absolute atomic E-state index is 0.0796. The molecule has 0 heterocycles. The average Bonchev–Trinajstić information content (AvgIpc) is 2.38. The van der Waals surface area contributed by atoms with Crippen molar-refractivity contribution in [1.82, 2.24) is 5.32 Å². The molecule has 0 saturated heterocycles.